The second-order valence-corrected chi connectivity index (χ2v) is 9.23. The summed E-state index contributed by atoms with van der Waals surface area (Å²) in [7, 11) is 2.84. The van der Waals surface area contributed by atoms with Crippen molar-refractivity contribution in [2.45, 2.75) is 37.5 Å². The molecule has 2 heterocycles. The van der Waals surface area contributed by atoms with Crippen molar-refractivity contribution in [3.05, 3.63) is 41.0 Å². The summed E-state index contributed by atoms with van der Waals surface area (Å²) in [5.74, 6) is 0.869. The summed E-state index contributed by atoms with van der Waals surface area (Å²) in [6.45, 7) is 1.98. The number of rotatable bonds is 8. The number of carbonyl (C=O) groups excluding carboxylic acids is 2. The maximum atomic E-state index is 12.8. The van der Waals surface area contributed by atoms with Crippen LogP contribution in [0.1, 0.15) is 34.3 Å². The van der Waals surface area contributed by atoms with Crippen molar-refractivity contribution in [1.82, 2.24) is 5.32 Å². The van der Waals surface area contributed by atoms with E-state index in [1.807, 2.05) is 24.3 Å². The van der Waals surface area contributed by atoms with Crippen molar-refractivity contribution in [2.24, 2.45) is 0 Å². The third-order valence-electron chi connectivity index (χ3n) is 5.81. The molecule has 4 rings (SSSR count). The number of thioether (sulfide) groups is 1. The van der Waals surface area contributed by atoms with Crippen LogP contribution in [0.25, 0.3) is 0 Å². The molecule has 0 aromatic heterocycles. The number of benzene rings is 2. The molecule has 0 bridgehead atoms. The van der Waals surface area contributed by atoms with E-state index in [0.29, 0.717) is 36.3 Å². The van der Waals surface area contributed by atoms with Crippen LogP contribution in [0.2, 0.25) is 0 Å². The average molecular weight is 487 g/mol. The van der Waals surface area contributed by atoms with Crippen molar-refractivity contribution in [1.29, 1.82) is 5.41 Å². The topological polar surface area (TPSA) is 127 Å². The van der Waals surface area contributed by atoms with E-state index in [2.05, 4.69) is 5.32 Å². The largest absolute Gasteiger partial charge is 0.504 e. The van der Waals surface area contributed by atoms with Gasteiger partial charge >= 0.3 is 0 Å². The van der Waals surface area contributed by atoms with Gasteiger partial charge in [-0.25, -0.2) is 0 Å². The Hall–Kier alpha value is -3.40. The van der Waals surface area contributed by atoms with E-state index < -0.39 is 6.10 Å². The second-order valence-electron chi connectivity index (χ2n) is 8.02. The number of ketones is 1. The van der Waals surface area contributed by atoms with E-state index in [1.54, 1.807) is 6.92 Å². The lowest BCUT2D eigenvalue weighted by Gasteiger charge is -2.29. The van der Waals surface area contributed by atoms with Crippen LogP contribution in [0.15, 0.2) is 24.3 Å². The number of amides is 1. The summed E-state index contributed by atoms with van der Waals surface area (Å²) in [5.41, 5.74) is 1.69. The Kier molecular flexibility index (Phi) is 6.87. The van der Waals surface area contributed by atoms with Crippen molar-refractivity contribution >= 4 is 28.6 Å². The van der Waals surface area contributed by atoms with Gasteiger partial charge in [-0.05, 0) is 31.0 Å². The SMILES string of the molecule is COc1c(O)c(C)c2c(c1OC)OC(CCOc1ccc(CC3SC(=N)NC3=O)cc1)CC2=O. The lowest BCUT2D eigenvalue weighted by atomic mass is 9.94. The number of hydrogen-bond donors (Lipinski definition) is 3. The first-order valence-corrected chi connectivity index (χ1v) is 11.7. The van der Waals surface area contributed by atoms with E-state index >= 15 is 0 Å². The highest BCUT2D eigenvalue weighted by Gasteiger charge is 2.35. The fourth-order valence-electron chi connectivity index (χ4n) is 4.08. The Labute approximate surface area is 201 Å². The molecule has 2 aliphatic heterocycles. The lowest BCUT2D eigenvalue weighted by Crippen LogP contribution is -2.29. The maximum absolute atomic E-state index is 12.8. The average Bonchev–Trinajstić information content (AvgIpc) is 3.13. The summed E-state index contributed by atoms with van der Waals surface area (Å²) in [6, 6.07) is 7.46. The summed E-state index contributed by atoms with van der Waals surface area (Å²) in [4.78, 5) is 24.6. The van der Waals surface area contributed by atoms with Crippen LogP contribution in [-0.4, -0.2) is 54.1 Å². The smallest absolute Gasteiger partial charge is 0.239 e. The van der Waals surface area contributed by atoms with Gasteiger partial charge in [0, 0.05) is 18.4 Å². The van der Waals surface area contributed by atoms with Gasteiger partial charge in [-0.3, -0.25) is 15.0 Å². The van der Waals surface area contributed by atoms with E-state index in [9.17, 15) is 14.7 Å². The van der Waals surface area contributed by atoms with E-state index in [-0.39, 0.29) is 51.5 Å². The predicted octanol–water partition coefficient (Wildman–Crippen LogP) is 3.23. The Balaban J connectivity index is 1.37. The molecule has 180 valence electrons. The Morgan fingerprint density at radius 2 is 1.88 bits per heavy atom. The number of phenolic OH excluding ortho intramolecular Hbond substituents is 1. The van der Waals surface area contributed by atoms with Crippen LogP contribution in [0.4, 0.5) is 0 Å². The molecule has 34 heavy (non-hydrogen) atoms. The molecule has 2 atom stereocenters. The minimum absolute atomic E-state index is 0.133. The lowest BCUT2D eigenvalue weighted by molar-refractivity contribution is -0.118. The molecule has 0 saturated carbocycles. The molecule has 9 nitrogen and oxygen atoms in total. The number of carbonyl (C=O) groups is 2. The number of aromatic hydroxyl groups is 1. The van der Waals surface area contributed by atoms with Gasteiger partial charge in [0.25, 0.3) is 0 Å². The Bertz CT molecular complexity index is 1130. The third kappa shape index (κ3) is 4.63. The van der Waals surface area contributed by atoms with Crippen LogP contribution in [0, 0.1) is 12.3 Å². The molecule has 1 fully saturated rings. The monoisotopic (exact) mass is 486 g/mol. The van der Waals surface area contributed by atoms with Gasteiger partial charge in [0.15, 0.2) is 22.4 Å². The summed E-state index contributed by atoms with van der Waals surface area (Å²) < 4.78 is 22.6. The predicted molar refractivity (Wildman–Crippen MR) is 127 cm³/mol. The summed E-state index contributed by atoms with van der Waals surface area (Å²) in [6.07, 6.45) is 0.771. The Morgan fingerprint density at radius 1 is 1.18 bits per heavy atom. The van der Waals surface area contributed by atoms with Crippen molar-refractivity contribution < 1.29 is 33.6 Å². The van der Waals surface area contributed by atoms with Gasteiger partial charge in [0.1, 0.15) is 11.9 Å². The molecule has 10 heteroatoms. The maximum Gasteiger partial charge on any atom is 0.239 e. The first-order valence-electron chi connectivity index (χ1n) is 10.8. The molecule has 0 spiro atoms. The first kappa shape index (κ1) is 23.7. The van der Waals surface area contributed by atoms with E-state index in [1.165, 1.54) is 26.0 Å². The van der Waals surface area contributed by atoms with Crippen molar-refractivity contribution in [3.63, 3.8) is 0 Å². The number of phenols is 1. The molecule has 3 N–H and O–H groups in total. The van der Waals surface area contributed by atoms with Gasteiger partial charge in [-0.1, -0.05) is 23.9 Å². The minimum atomic E-state index is -0.407. The minimum Gasteiger partial charge on any atom is -0.504 e. The molecular formula is C24H26N2O7S. The number of methoxy groups -OCH3 is 2. The van der Waals surface area contributed by atoms with Gasteiger partial charge in [0.05, 0.1) is 31.6 Å². The van der Waals surface area contributed by atoms with Crippen LogP contribution >= 0.6 is 11.8 Å². The van der Waals surface area contributed by atoms with Gasteiger partial charge < -0.3 is 29.4 Å². The van der Waals surface area contributed by atoms with Gasteiger partial charge in [-0.2, -0.15) is 0 Å². The van der Waals surface area contributed by atoms with Gasteiger partial charge in [-0.15, -0.1) is 0 Å². The number of fused-ring (bicyclic) bond motifs is 1. The quantitative estimate of drug-likeness (QED) is 0.519. The van der Waals surface area contributed by atoms with Crippen LogP contribution in [0.3, 0.4) is 0 Å². The summed E-state index contributed by atoms with van der Waals surface area (Å²) in [5, 5.41) is 20.3. The van der Waals surface area contributed by atoms with E-state index in [0.717, 1.165) is 5.56 Å². The van der Waals surface area contributed by atoms with Crippen molar-refractivity contribution in [2.75, 3.05) is 20.8 Å². The van der Waals surface area contributed by atoms with Crippen LogP contribution in [0.5, 0.6) is 28.7 Å². The number of nitrogens with one attached hydrogen (secondary N) is 2. The second kappa shape index (κ2) is 9.84. The standard InChI is InChI=1S/C24H26N2O7S/c1-12-18-16(27)11-15(33-20(18)22(31-3)21(30-2)19(12)28)8-9-32-14-6-4-13(5-7-14)10-17-23(29)26-24(25)34-17/h4-7,15,17,28H,8-11H2,1-3H3,(H2,25,26,29). The zero-order valence-electron chi connectivity index (χ0n) is 19.1. The molecule has 1 amide bonds. The molecule has 2 aromatic rings. The molecule has 1 saturated heterocycles. The molecule has 0 radical (unpaired) electrons. The highest BCUT2D eigenvalue weighted by atomic mass is 32.2. The first-order chi connectivity index (χ1) is 16.3. The zero-order valence-corrected chi connectivity index (χ0v) is 19.9. The van der Waals surface area contributed by atoms with Crippen LogP contribution in [-0.2, 0) is 11.2 Å². The number of amidine groups is 1. The van der Waals surface area contributed by atoms with E-state index in [4.69, 9.17) is 24.4 Å². The zero-order chi connectivity index (χ0) is 24.4. The molecule has 2 aliphatic rings. The van der Waals surface area contributed by atoms with Gasteiger partial charge in [0.2, 0.25) is 17.4 Å². The highest BCUT2D eigenvalue weighted by Crippen LogP contribution is 2.51. The number of ether oxygens (including phenoxy) is 4. The fourth-order valence-corrected chi connectivity index (χ4v) is 4.97. The third-order valence-corrected chi connectivity index (χ3v) is 6.81. The number of hydrogen-bond acceptors (Lipinski definition) is 9. The Morgan fingerprint density at radius 3 is 2.50 bits per heavy atom. The summed E-state index contributed by atoms with van der Waals surface area (Å²) >= 11 is 1.22. The normalized spacial score (nSPS) is 19.3. The molecule has 2 aromatic carbocycles. The van der Waals surface area contributed by atoms with Crippen LogP contribution < -0.4 is 24.3 Å². The molecular weight excluding hydrogens is 460 g/mol. The number of Topliss-reactive ketones (excluding diaryl/α,β-unsaturated/α-hetero) is 1. The molecule has 0 aliphatic carbocycles. The fraction of sp³-hybridized carbons (Fsp3) is 0.375. The molecule has 2 unspecified atom stereocenters. The van der Waals surface area contributed by atoms with Crippen molar-refractivity contribution in [3.8, 4) is 28.7 Å². The highest BCUT2D eigenvalue weighted by molar-refractivity contribution is 8.15.